The first-order valence-corrected chi connectivity index (χ1v) is 11.6. The maximum atomic E-state index is 12.3. The molecule has 2 nitrogen and oxygen atoms in total. The van der Waals surface area contributed by atoms with E-state index >= 15 is 0 Å². The molecule has 1 saturated heterocycles. The van der Waals surface area contributed by atoms with E-state index < -0.39 is 0 Å². The maximum absolute atomic E-state index is 12.3. The molecule has 1 aromatic carbocycles. The van der Waals surface area contributed by atoms with E-state index in [2.05, 4.69) is 53.5 Å². The van der Waals surface area contributed by atoms with Crippen LogP contribution in [-0.4, -0.2) is 12.1 Å². The van der Waals surface area contributed by atoms with E-state index in [1.165, 1.54) is 32.1 Å². The van der Waals surface area contributed by atoms with Crippen molar-refractivity contribution in [3.63, 3.8) is 0 Å². The van der Waals surface area contributed by atoms with Crippen molar-refractivity contribution in [2.75, 3.05) is 0 Å². The fourth-order valence-electron chi connectivity index (χ4n) is 6.57. The smallest absolute Gasteiger partial charge is 0.334 e. The molecule has 0 spiro atoms. The van der Waals surface area contributed by atoms with Crippen molar-refractivity contribution >= 4 is 21.9 Å². The zero-order chi connectivity index (χ0) is 19.9. The van der Waals surface area contributed by atoms with Crippen LogP contribution in [-0.2, 0) is 9.53 Å². The van der Waals surface area contributed by atoms with E-state index in [4.69, 9.17) is 4.74 Å². The largest absolute Gasteiger partial charge is 0.458 e. The Morgan fingerprint density at radius 2 is 2.07 bits per heavy atom. The van der Waals surface area contributed by atoms with Crippen molar-refractivity contribution in [3.8, 4) is 0 Å². The minimum atomic E-state index is -0.219. The van der Waals surface area contributed by atoms with Gasteiger partial charge in [-0.3, -0.25) is 0 Å². The van der Waals surface area contributed by atoms with Crippen LogP contribution in [0.4, 0.5) is 0 Å². The van der Waals surface area contributed by atoms with Gasteiger partial charge in [0.2, 0.25) is 0 Å². The van der Waals surface area contributed by atoms with E-state index in [1.54, 1.807) is 5.57 Å². The minimum absolute atomic E-state index is 0.00879. The molecular weight excluding hydrogens is 412 g/mol. The van der Waals surface area contributed by atoms with E-state index in [-0.39, 0.29) is 18.0 Å². The third kappa shape index (κ3) is 3.30. The summed E-state index contributed by atoms with van der Waals surface area (Å²) in [6, 6.07) is 10.3. The van der Waals surface area contributed by atoms with Crippen LogP contribution in [0, 0.1) is 23.2 Å². The average Bonchev–Trinajstić information content (AvgIpc) is 3.18. The van der Waals surface area contributed by atoms with Crippen molar-refractivity contribution in [1.29, 1.82) is 0 Å². The van der Waals surface area contributed by atoms with Gasteiger partial charge in [0.15, 0.2) is 0 Å². The lowest BCUT2D eigenvalue weighted by Crippen LogP contribution is -2.37. The zero-order valence-corrected chi connectivity index (χ0v) is 18.6. The highest BCUT2D eigenvalue weighted by Gasteiger charge is 2.51. The van der Waals surface area contributed by atoms with Gasteiger partial charge in [0.1, 0.15) is 6.10 Å². The lowest BCUT2D eigenvalue weighted by Gasteiger charge is -2.44. The molecule has 3 aliphatic rings. The van der Waals surface area contributed by atoms with Gasteiger partial charge < -0.3 is 4.74 Å². The monoisotopic (exact) mass is 442 g/mol. The van der Waals surface area contributed by atoms with E-state index in [0.29, 0.717) is 28.7 Å². The molecule has 0 unspecified atom stereocenters. The first-order valence-electron chi connectivity index (χ1n) is 10.7. The number of carbonyl (C=O) groups excluding carboxylic acids is 1. The predicted molar refractivity (Wildman–Crippen MR) is 117 cm³/mol. The van der Waals surface area contributed by atoms with Gasteiger partial charge in [0.25, 0.3) is 0 Å². The number of hydrogen-bond acceptors (Lipinski definition) is 2. The molecule has 0 bridgehead atoms. The number of rotatable bonds is 4. The number of allylic oxidation sites excluding steroid dienone is 1. The molecule has 4 rings (SSSR count). The topological polar surface area (TPSA) is 26.3 Å². The molecule has 150 valence electrons. The van der Waals surface area contributed by atoms with Gasteiger partial charge in [-0.05, 0) is 72.2 Å². The second kappa shape index (κ2) is 7.82. The Hall–Kier alpha value is -1.35. The molecule has 2 aliphatic carbocycles. The van der Waals surface area contributed by atoms with Gasteiger partial charge in [-0.1, -0.05) is 72.3 Å². The molecule has 3 fully saturated rings. The summed E-state index contributed by atoms with van der Waals surface area (Å²) in [4.78, 5) is 14.5. The molecule has 0 amide bonds. The number of fused-ring (bicyclic) bond motifs is 1. The van der Waals surface area contributed by atoms with Crippen LogP contribution < -0.4 is 0 Å². The second-order valence-corrected chi connectivity index (χ2v) is 9.81. The van der Waals surface area contributed by atoms with Crippen LogP contribution in [0.2, 0.25) is 0 Å². The lowest BCUT2D eigenvalue weighted by molar-refractivity contribution is -0.139. The summed E-state index contributed by atoms with van der Waals surface area (Å²) in [5.74, 6) is 1.69. The minimum Gasteiger partial charge on any atom is -0.458 e. The van der Waals surface area contributed by atoms with Crippen LogP contribution in [0.3, 0.4) is 0 Å². The van der Waals surface area contributed by atoms with E-state index in [1.807, 2.05) is 18.2 Å². The highest BCUT2D eigenvalue weighted by molar-refractivity contribution is 9.11. The van der Waals surface area contributed by atoms with Crippen molar-refractivity contribution in [3.05, 3.63) is 58.6 Å². The van der Waals surface area contributed by atoms with Crippen molar-refractivity contribution in [1.82, 2.24) is 0 Å². The summed E-state index contributed by atoms with van der Waals surface area (Å²) in [6.07, 6.45) is 7.25. The Kier molecular flexibility index (Phi) is 5.57. The number of benzene rings is 1. The van der Waals surface area contributed by atoms with Crippen LogP contribution in [0.1, 0.15) is 63.9 Å². The molecule has 1 aromatic rings. The summed E-state index contributed by atoms with van der Waals surface area (Å²) >= 11 is 3.62. The number of hydrogen-bond donors (Lipinski definition) is 0. The Morgan fingerprint density at radius 1 is 1.32 bits per heavy atom. The summed E-state index contributed by atoms with van der Waals surface area (Å²) in [7, 11) is 0. The highest BCUT2D eigenvalue weighted by atomic mass is 79.9. The summed E-state index contributed by atoms with van der Waals surface area (Å²) < 4.78 is 5.82. The molecule has 6 atom stereocenters. The molecule has 2 saturated carbocycles. The maximum Gasteiger partial charge on any atom is 0.334 e. The predicted octanol–water partition coefficient (Wildman–Crippen LogP) is 6.77. The highest BCUT2D eigenvalue weighted by Crippen LogP contribution is 2.60. The van der Waals surface area contributed by atoms with Crippen LogP contribution >= 0.6 is 15.9 Å². The summed E-state index contributed by atoms with van der Waals surface area (Å²) in [5.41, 5.74) is 3.74. The number of esters is 1. The first-order chi connectivity index (χ1) is 13.5. The normalized spacial score (nSPS) is 37.8. The van der Waals surface area contributed by atoms with Crippen LogP contribution in [0.15, 0.2) is 53.0 Å². The molecule has 28 heavy (non-hydrogen) atoms. The van der Waals surface area contributed by atoms with Crippen LogP contribution in [0.5, 0.6) is 0 Å². The van der Waals surface area contributed by atoms with Gasteiger partial charge in [0, 0.05) is 5.57 Å². The number of halogens is 1. The average molecular weight is 443 g/mol. The first kappa shape index (κ1) is 19.9. The summed E-state index contributed by atoms with van der Waals surface area (Å²) in [6.45, 7) is 8.95. The molecule has 3 heteroatoms. The Labute approximate surface area is 177 Å². The van der Waals surface area contributed by atoms with Gasteiger partial charge >= 0.3 is 5.97 Å². The molecule has 1 aliphatic heterocycles. The van der Waals surface area contributed by atoms with E-state index in [0.717, 1.165) is 12.0 Å². The third-order valence-corrected chi connectivity index (χ3v) is 8.48. The van der Waals surface area contributed by atoms with Crippen molar-refractivity contribution in [2.24, 2.45) is 23.2 Å². The Morgan fingerprint density at radius 3 is 2.79 bits per heavy atom. The molecular formula is C25H31BrO2. The van der Waals surface area contributed by atoms with Crippen molar-refractivity contribution < 1.29 is 9.53 Å². The fourth-order valence-corrected chi connectivity index (χ4v) is 7.12. The van der Waals surface area contributed by atoms with Gasteiger partial charge in [-0.25, -0.2) is 4.79 Å². The fraction of sp³-hybridized carbons (Fsp3) is 0.560. The zero-order valence-electron chi connectivity index (χ0n) is 17.0. The number of cyclic esters (lactones) is 1. The quantitative estimate of drug-likeness (QED) is 0.379. The standard InChI is InChI=1S/C25H31BrO2/c1-16(20-11-12-21-19(15-26)10-7-13-25(20,21)3)14-22-23(17(2)24(27)28-22)18-8-5-4-6-9-18/h4-6,8-9,15-16,20-23H,2,7,10-14H2,1,3H3/t16-,20-,21+,22-,23-,25-/m1/s1. The van der Waals surface area contributed by atoms with Gasteiger partial charge in [-0.2, -0.15) is 0 Å². The Bertz CT molecular complexity index is 783. The molecule has 0 N–H and O–H groups in total. The van der Waals surface area contributed by atoms with Crippen LogP contribution in [0.25, 0.3) is 0 Å². The molecule has 1 heterocycles. The Balaban J connectivity index is 1.54. The molecule has 0 aromatic heterocycles. The SMILES string of the molecule is C=C1C(=O)O[C@H](C[C@@H](C)[C@H]2CC[C@H]3C(=CBr)CCC[C@]23C)[C@H]1c1ccccc1. The molecule has 0 radical (unpaired) electrons. The number of carbonyl (C=O) groups is 1. The number of ether oxygens (including phenoxy) is 1. The second-order valence-electron chi connectivity index (χ2n) is 9.35. The lowest BCUT2D eigenvalue weighted by atomic mass is 9.61. The third-order valence-electron chi connectivity index (χ3n) is 7.90. The van der Waals surface area contributed by atoms with Gasteiger partial charge in [0.05, 0.1) is 5.92 Å². The van der Waals surface area contributed by atoms with Crippen molar-refractivity contribution in [2.45, 2.75) is 64.4 Å². The van der Waals surface area contributed by atoms with E-state index in [9.17, 15) is 4.79 Å². The van der Waals surface area contributed by atoms with Gasteiger partial charge in [-0.15, -0.1) is 0 Å². The summed E-state index contributed by atoms with van der Waals surface area (Å²) in [5, 5.41) is 0.